The lowest BCUT2D eigenvalue weighted by Crippen LogP contribution is -2.11. The topological polar surface area (TPSA) is 90.4 Å². The van der Waals surface area contributed by atoms with Crippen molar-refractivity contribution in [2.24, 2.45) is 5.73 Å². The predicted molar refractivity (Wildman–Crippen MR) is 75.6 cm³/mol. The number of hydrogen-bond donors (Lipinski definition) is 3. The van der Waals surface area contributed by atoms with Crippen molar-refractivity contribution >= 4 is 23.0 Å². The van der Waals surface area contributed by atoms with Crippen molar-refractivity contribution in [3.05, 3.63) is 48.0 Å². The molecule has 0 heterocycles. The number of carbonyl (C=O) groups excluding carboxylic acids is 1. The van der Waals surface area contributed by atoms with Gasteiger partial charge >= 0.3 is 0 Å². The molecule has 0 aliphatic heterocycles. The molecule has 2 aromatic rings. The summed E-state index contributed by atoms with van der Waals surface area (Å²) < 4.78 is 5.08. The molecule has 0 saturated carbocycles. The van der Waals surface area contributed by atoms with E-state index in [1.165, 1.54) is 0 Å². The monoisotopic (exact) mass is 257 g/mol. The van der Waals surface area contributed by atoms with Gasteiger partial charge in [-0.2, -0.15) is 0 Å². The number of nitrogen functional groups attached to an aromatic ring is 1. The smallest absolute Gasteiger partial charge is 0.248 e. The SMILES string of the molecule is COc1ccc(Nc2cc(C(N)=O)ccc2N)cc1. The molecule has 0 atom stereocenters. The molecule has 5 N–H and O–H groups in total. The Morgan fingerprint density at radius 3 is 2.42 bits per heavy atom. The first-order chi connectivity index (χ1) is 9.10. The molecule has 0 aliphatic carbocycles. The number of nitrogens with two attached hydrogens (primary N) is 2. The van der Waals surface area contributed by atoms with Gasteiger partial charge in [0.05, 0.1) is 18.5 Å². The number of carbonyl (C=O) groups is 1. The molecule has 1 amide bonds. The van der Waals surface area contributed by atoms with Gasteiger partial charge in [0.25, 0.3) is 0 Å². The molecule has 0 saturated heterocycles. The Morgan fingerprint density at radius 1 is 1.16 bits per heavy atom. The Morgan fingerprint density at radius 2 is 1.84 bits per heavy atom. The summed E-state index contributed by atoms with van der Waals surface area (Å²) in [6.07, 6.45) is 0. The fourth-order valence-electron chi connectivity index (χ4n) is 1.65. The van der Waals surface area contributed by atoms with Crippen LogP contribution in [0.3, 0.4) is 0 Å². The molecular formula is C14H15N3O2. The third-order valence-corrected chi connectivity index (χ3v) is 2.71. The molecule has 0 aromatic heterocycles. The number of primary amides is 1. The third-order valence-electron chi connectivity index (χ3n) is 2.71. The Bertz CT molecular complexity index is 594. The maximum Gasteiger partial charge on any atom is 0.248 e. The average molecular weight is 257 g/mol. The van der Waals surface area contributed by atoms with Gasteiger partial charge in [-0.1, -0.05) is 0 Å². The lowest BCUT2D eigenvalue weighted by Gasteiger charge is -2.11. The van der Waals surface area contributed by atoms with Crippen LogP contribution in [0.2, 0.25) is 0 Å². The van der Waals surface area contributed by atoms with Crippen molar-refractivity contribution in [2.75, 3.05) is 18.2 Å². The summed E-state index contributed by atoms with van der Waals surface area (Å²) in [5, 5.41) is 3.13. The second-order valence-corrected chi connectivity index (χ2v) is 4.02. The predicted octanol–water partition coefficient (Wildman–Crippen LogP) is 2.12. The summed E-state index contributed by atoms with van der Waals surface area (Å²) in [5.41, 5.74) is 13.5. The minimum atomic E-state index is -0.488. The van der Waals surface area contributed by atoms with E-state index in [2.05, 4.69) is 5.32 Å². The molecule has 5 nitrogen and oxygen atoms in total. The van der Waals surface area contributed by atoms with Crippen LogP contribution in [0.1, 0.15) is 10.4 Å². The summed E-state index contributed by atoms with van der Waals surface area (Å²) in [4.78, 5) is 11.1. The number of nitrogens with one attached hydrogen (secondary N) is 1. The number of hydrogen-bond acceptors (Lipinski definition) is 4. The largest absolute Gasteiger partial charge is 0.497 e. The fourth-order valence-corrected chi connectivity index (χ4v) is 1.65. The van der Waals surface area contributed by atoms with E-state index in [-0.39, 0.29) is 0 Å². The van der Waals surface area contributed by atoms with Gasteiger partial charge in [0, 0.05) is 11.3 Å². The molecular weight excluding hydrogens is 242 g/mol. The number of methoxy groups -OCH3 is 1. The lowest BCUT2D eigenvalue weighted by molar-refractivity contribution is 0.100. The average Bonchev–Trinajstić information content (AvgIpc) is 2.42. The number of amides is 1. The first kappa shape index (κ1) is 12.8. The Labute approximate surface area is 111 Å². The van der Waals surface area contributed by atoms with Crippen LogP contribution in [0.4, 0.5) is 17.1 Å². The Hall–Kier alpha value is -2.69. The maximum absolute atomic E-state index is 11.1. The lowest BCUT2D eigenvalue weighted by atomic mass is 10.1. The second-order valence-electron chi connectivity index (χ2n) is 4.02. The molecule has 0 fully saturated rings. The van der Waals surface area contributed by atoms with E-state index in [1.807, 2.05) is 24.3 Å². The highest BCUT2D eigenvalue weighted by atomic mass is 16.5. The summed E-state index contributed by atoms with van der Waals surface area (Å²) in [5.74, 6) is 0.280. The van der Waals surface area contributed by atoms with Gasteiger partial charge in [-0.25, -0.2) is 0 Å². The van der Waals surface area contributed by atoms with Crippen LogP contribution in [-0.4, -0.2) is 13.0 Å². The zero-order valence-corrected chi connectivity index (χ0v) is 10.5. The first-order valence-electron chi connectivity index (χ1n) is 5.70. The van der Waals surface area contributed by atoms with E-state index in [4.69, 9.17) is 16.2 Å². The van der Waals surface area contributed by atoms with Gasteiger partial charge in [-0.15, -0.1) is 0 Å². The fraction of sp³-hybridized carbons (Fsp3) is 0.0714. The van der Waals surface area contributed by atoms with E-state index in [0.29, 0.717) is 16.9 Å². The van der Waals surface area contributed by atoms with Gasteiger partial charge in [-0.3, -0.25) is 4.79 Å². The third kappa shape index (κ3) is 2.95. The molecule has 0 radical (unpaired) electrons. The van der Waals surface area contributed by atoms with Crippen molar-refractivity contribution in [3.8, 4) is 5.75 Å². The van der Waals surface area contributed by atoms with Crippen LogP contribution in [0.15, 0.2) is 42.5 Å². The van der Waals surface area contributed by atoms with E-state index in [9.17, 15) is 4.79 Å². The van der Waals surface area contributed by atoms with E-state index in [1.54, 1.807) is 25.3 Å². The van der Waals surface area contributed by atoms with E-state index >= 15 is 0 Å². The van der Waals surface area contributed by atoms with Crippen LogP contribution in [-0.2, 0) is 0 Å². The van der Waals surface area contributed by atoms with Crippen LogP contribution >= 0.6 is 0 Å². The second kappa shape index (κ2) is 5.30. The molecule has 98 valence electrons. The van der Waals surface area contributed by atoms with Gasteiger partial charge in [-0.05, 0) is 42.5 Å². The number of benzene rings is 2. The Balaban J connectivity index is 2.26. The molecule has 0 aliphatic rings. The van der Waals surface area contributed by atoms with Crippen LogP contribution in [0.25, 0.3) is 0 Å². The first-order valence-corrected chi connectivity index (χ1v) is 5.70. The number of anilines is 3. The van der Waals surface area contributed by atoms with Crippen LogP contribution < -0.4 is 21.5 Å². The van der Waals surface area contributed by atoms with Crippen LogP contribution in [0.5, 0.6) is 5.75 Å². The van der Waals surface area contributed by atoms with Gasteiger partial charge in [0.1, 0.15) is 5.75 Å². The molecule has 0 spiro atoms. The summed E-state index contributed by atoms with van der Waals surface area (Å²) in [6.45, 7) is 0. The van der Waals surface area contributed by atoms with Crippen molar-refractivity contribution < 1.29 is 9.53 Å². The van der Waals surface area contributed by atoms with Crippen molar-refractivity contribution in [3.63, 3.8) is 0 Å². The minimum absolute atomic E-state index is 0.408. The standard InChI is InChI=1S/C14H15N3O2/c1-19-11-5-3-10(4-6-11)17-13-8-9(14(16)18)2-7-12(13)15/h2-8,17H,15H2,1H3,(H2,16,18). The van der Waals surface area contributed by atoms with Gasteiger partial charge < -0.3 is 21.5 Å². The highest BCUT2D eigenvalue weighted by Gasteiger charge is 2.05. The molecule has 5 heteroatoms. The summed E-state index contributed by atoms with van der Waals surface area (Å²) in [6, 6.07) is 12.2. The molecule has 0 bridgehead atoms. The van der Waals surface area contributed by atoms with Crippen molar-refractivity contribution in [1.82, 2.24) is 0 Å². The van der Waals surface area contributed by atoms with Crippen molar-refractivity contribution in [2.45, 2.75) is 0 Å². The van der Waals surface area contributed by atoms with Crippen LogP contribution in [0, 0.1) is 0 Å². The normalized spacial score (nSPS) is 9.95. The highest BCUT2D eigenvalue weighted by Crippen LogP contribution is 2.25. The zero-order chi connectivity index (χ0) is 13.8. The minimum Gasteiger partial charge on any atom is -0.497 e. The molecule has 0 unspecified atom stereocenters. The quantitative estimate of drug-likeness (QED) is 0.732. The number of rotatable bonds is 4. The molecule has 19 heavy (non-hydrogen) atoms. The number of ether oxygens (including phenoxy) is 1. The summed E-state index contributed by atoms with van der Waals surface area (Å²) in [7, 11) is 1.61. The van der Waals surface area contributed by atoms with E-state index < -0.39 is 5.91 Å². The molecule has 2 rings (SSSR count). The zero-order valence-electron chi connectivity index (χ0n) is 10.5. The molecule has 2 aromatic carbocycles. The Kier molecular flexibility index (Phi) is 3.56. The van der Waals surface area contributed by atoms with E-state index in [0.717, 1.165) is 11.4 Å². The highest BCUT2D eigenvalue weighted by molar-refractivity contribution is 5.95. The maximum atomic E-state index is 11.1. The van der Waals surface area contributed by atoms with Gasteiger partial charge in [0.2, 0.25) is 5.91 Å². The van der Waals surface area contributed by atoms with Gasteiger partial charge in [0.15, 0.2) is 0 Å². The van der Waals surface area contributed by atoms with Crippen molar-refractivity contribution in [1.29, 1.82) is 0 Å². The summed E-state index contributed by atoms with van der Waals surface area (Å²) >= 11 is 0.